The molecule has 0 radical (unpaired) electrons. The van der Waals surface area contributed by atoms with E-state index in [2.05, 4.69) is 5.32 Å². The summed E-state index contributed by atoms with van der Waals surface area (Å²) in [6.07, 6.45) is 2.77. The fraction of sp³-hybridized carbons (Fsp3) is 0. The normalized spacial score (nSPS) is 10.8. The van der Waals surface area contributed by atoms with Gasteiger partial charge in [-0.25, -0.2) is 9.18 Å². The summed E-state index contributed by atoms with van der Waals surface area (Å²) in [5.74, 6) is -0.810. The van der Waals surface area contributed by atoms with Crippen LogP contribution in [-0.2, 0) is 4.79 Å². The lowest BCUT2D eigenvalue weighted by Crippen LogP contribution is -2.08. The van der Waals surface area contributed by atoms with Gasteiger partial charge in [-0.05, 0) is 60.7 Å². The standard InChI is InChI=1S/C20H14FNO4/c21-15-6-4-13(5-7-15)18-10-8-17(26-18)9-11-19(23)22-16-3-1-2-14(12-16)20(24)25/h1-12H,(H,22,23)(H,24,25)/b11-9+. The SMILES string of the molecule is O=C(/C=C/c1ccc(-c2ccc(F)cc2)o1)Nc1cccc(C(=O)O)c1. The molecule has 0 fully saturated rings. The van der Waals surface area contributed by atoms with Crippen LogP contribution in [0.5, 0.6) is 0 Å². The number of carbonyl (C=O) groups excluding carboxylic acids is 1. The van der Waals surface area contributed by atoms with E-state index >= 15 is 0 Å². The Hall–Kier alpha value is -3.67. The summed E-state index contributed by atoms with van der Waals surface area (Å²) in [4.78, 5) is 22.9. The van der Waals surface area contributed by atoms with Gasteiger partial charge in [0.25, 0.3) is 0 Å². The predicted molar refractivity (Wildman–Crippen MR) is 95.2 cm³/mol. The van der Waals surface area contributed by atoms with Gasteiger partial charge in [-0.2, -0.15) is 0 Å². The molecular weight excluding hydrogens is 337 g/mol. The van der Waals surface area contributed by atoms with E-state index in [0.29, 0.717) is 17.2 Å². The number of amides is 1. The van der Waals surface area contributed by atoms with Crippen molar-refractivity contribution in [2.45, 2.75) is 0 Å². The number of rotatable bonds is 5. The quantitative estimate of drug-likeness (QED) is 0.666. The van der Waals surface area contributed by atoms with Crippen molar-refractivity contribution >= 4 is 23.6 Å². The van der Waals surface area contributed by atoms with Gasteiger partial charge in [0.05, 0.1) is 5.56 Å². The molecule has 3 aromatic rings. The maximum Gasteiger partial charge on any atom is 0.335 e. The van der Waals surface area contributed by atoms with Crippen LogP contribution >= 0.6 is 0 Å². The number of carbonyl (C=O) groups is 2. The van der Waals surface area contributed by atoms with E-state index in [9.17, 15) is 14.0 Å². The van der Waals surface area contributed by atoms with Crippen LogP contribution in [0.2, 0.25) is 0 Å². The second kappa shape index (κ2) is 7.48. The van der Waals surface area contributed by atoms with Gasteiger partial charge in [0.2, 0.25) is 5.91 Å². The van der Waals surface area contributed by atoms with Gasteiger partial charge >= 0.3 is 5.97 Å². The van der Waals surface area contributed by atoms with Gasteiger partial charge in [0.15, 0.2) is 0 Å². The molecule has 0 aliphatic heterocycles. The Bertz CT molecular complexity index is 973. The molecule has 6 heteroatoms. The van der Waals surface area contributed by atoms with Gasteiger partial charge in [0.1, 0.15) is 17.3 Å². The largest absolute Gasteiger partial charge is 0.478 e. The number of hydrogen-bond acceptors (Lipinski definition) is 3. The van der Waals surface area contributed by atoms with Crippen LogP contribution in [0.15, 0.2) is 71.2 Å². The smallest absolute Gasteiger partial charge is 0.335 e. The second-order valence-electron chi connectivity index (χ2n) is 5.42. The third-order valence-corrected chi connectivity index (χ3v) is 3.53. The summed E-state index contributed by atoms with van der Waals surface area (Å²) < 4.78 is 18.5. The number of carboxylic acids is 1. The summed E-state index contributed by atoms with van der Waals surface area (Å²) in [7, 11) is 0. The first kappa shape index (κ1) is 17.2. The third kappa shape index (κ3) is 4.24. The van der Waals surface area contributed by atoms with Crippen LogP contribution in [0, 0.1) is 5.82 Å². The minimum absolute atomic E-state index is 0.0850. The van der Waals surface area contributed by atoms with Crippen molar-refractivity contribution in [2.75, 3.05) is 5.32 Å². The first-order valence-electron chi connectivity index (χ1n) is 7.69. The summed E-state index contributed by atoms with van der Waals surface area (Å²) in [5.41, 5.74) is 1.19. The van der Waals surface area contributed by atoms with Gasteiger partial charge < -0.3 is 14.8 Å². The van der Waals surface area contributed by atoms with Crippen molar-refractivity contribution < 1.29 is 23.5 Å². The molecular formula is C20H14FNO4. The lowest BCUT2D eigenvalue weighted by Gasteiger charge is -2.02. The van der Waals surface area contributed by atoms with Crippen LogP contribution in [-0.4, -0.2) is 17.0 Å². The first-order valence-corrected chi connectivity index (χ1v) is 7.69. The molecule has 2 aromatic carbocycles. The van der Waals surface area contributed by atoms with E-state index in [1.54, 1.807) is 36.4 Å². The zero-order valence-electron chi connectivity index (χ0n) is 13.5. The summed E-state index contributed by atoms with van der Waals surface area (Å²) >= 11 is 0. The highest BCUT2D eigenvalue weighted by Gasteiger charge is 2.06. The van der Waals surface area contributed by atoms with E-state index in [4.69, 9.17) is 9.52 Å². The first-order chi connectivity index (χ1) is 12.5. The molecule has 0 saturated heterocycles. The van der Waals surface area contributed by atoms with Crippen molar-refractivity contribution in [1.29, 1.82) is 0 Å². The maximum absolute atomic E-state index is 12.9. The molecule has 5 nitrogen and oxygen atoms in total. The number of carboxylic acid groups (broad SMARTS) is 1. The van der Waals surface area contributed by atoms with E-state index in [1.807, 2.05) is 0 Å². The number of aromatic carboxylic acids is 1. The van der Waals surface area contributed by atoms with E-state index < -0.39 is 11.9 Å². The Kier molecular flexibility index (Phi) is 4.94. The molecule has 0 aliphatic rings. The Balaban J connectivity index is 1.66. The summed E-state index contributed by atoms with van der Waals surface area (Å²) in [5, 5.41) is 11.5. The van der Waals surface area contributed by atoms with E-state index in [-0.39, 0.29) is 11.4 Å². The molecule has 0 bridgehead atoms. The van der Waals surface area contributed by atoms with Crippen LogP contribution in [0.1, 0.15) is 16.1 Å². The highest BCUT2D eigenvalue weighted by atomic mass is 19.1. The fourth-order valence-electron chi connectivity index (χ4n) is 2.28. The Labute approximate surface area is 148 Å². The summed E-state index contributed by atoms with van der Waals surface area (Å²) in [6, 6.07) is 15.2. The maximum atomic E-state index is 12.9. The lowest BCUT2D eigenvalue weighted by atomic mass is 10.2. The molecule has 0 saturated carbocycles. The van der Waals surface area contributed by atoms with Crippen LogP contribution < -0.4 is 5.32 Å². The van der Waals surface area contributed by atoms with Crippen LogP contribution in [0.3, 0.4) is 0 Å². The highest BCUT2D eigenvalue weighted by molar-refractivity contribution is 6.02. The van der Waals surface area contributed by atoms with Gasteiger partial charge in [0, 0.05) is 17.3 Å². The average molecular weight is 351 g/mol. The molecule has 0 aliphatic carbocycles. The lowest BCUT2D eigenvalue weighted by molar-refractivity contribution is -0.111. The number of nitrogens with one attached hydrogen (secondary N) is 1. The molecule has 3 rings (SSSR count). The molecule has 1 aromatic heterocycles. The number of furan rings is 1. The second-order valence-corrected chi connectivity index (χ2v) is 5.42. The third-order valence-electron chi connectivity index (χ3n) is 3.53. The van der Waals surface area contributed by atoms with Gasteiger partial charge in [-0.3, -0.25) is 4.79 Å². The topological polar surface area (TPSA) is 79.5 Å². The molecule has 26 heavy (non-hydrogen) atoms. The summed E-state index contributed by atoms with van der Waals surface area (Å²) in [6.45, 7) is 0. The Morgan fingerprint density at radius 2 is 1.81 bits per heavy atom. The highest BCUT2D eigenvalue weighted by Crippen LogP contribution is 2.23. The molecule has 0 unspecified atom stereocenters. The Morgan fingerprint density at radius 1 is 1.04 bits per heavy atom. The van der Waals surface area contributed by atoms with Gasteiger partial charge in [-0.15, -0.1) is 0 Å². The van der Waals surface area contributed by atoms with Crippen molar-refractivity contribution in [2.24, 2.45) is 0 Å². The van der Waals surface area contributed by atoms with Crippen LogP contribution in [0.25, 0.3) is 17.4 Å². The average Bonchev–Trinajstić information content (AvgIpc) is 3.10. The number of anilines is 1. The van der Waals surface area contributed by atoms with E-state index in [1.165, 1.54) is 36.4 Å². The van der Waals surface area contributed by atoms with Crippen molar-refractivity contribution in [3.05, 3.63) is 83.9 Å². The zero-order chi connectivity index (χ0) is 18.5. The minimum atomic E-state index is -1.07. The monoisotopic (exact) mass is 351 g/mol. The molecule has 1 amide bonds. The van der Waals surface area contributed by atoms with Gasteiger partial charge in [-0.1, -0.05) is 6.07 Å². The zero-order valence-corrected chi connectivity index (χ0v) is 13.5. The number of halogens is 1. The fourth-order valence-corrected chi connectivity index (χ4v) is 2.28. The van der Waals surface area contributed by atoms with Crippen molar-refractivity contribution in [3.63, 3.8) is 0 Å². The predicted octanol–water partition coefficient (Wildman–Crippen LogP) is 4.44. The number of hydrogen-bond donors (Lipinski definition) is 2. The van der Waals surface area contributed by atoms with Crippen molar-refractivity contribution in [1.82, 2.24) is 0 Å². The molecule has 2 N–H and O–H groups in total. The minimum Gasteiger partial charge on any atom is -0.478 e. The molecule has 0 spiro atoms. The number of benzene rings is 2. The molecule has 0 atom stereocenters. The Morgan fingerprint density at radius 3 is 2.54 bits per heavy atom. The molecule has 1 heterocycles. The molecule has 130 valence electrons. The van der Waals surface area contributed by atoms with Crippen LogP contribution in [0.4, 0.5) is 10.1 Å². The van der Waals surface area contributed by atoms with Crippen molar-refractivity contribution in [3.8, 4) is 11.3 Å². The van der Waals surface area contributed by atoms with E-state index in [0.717, 1.165) is 5.56 Å².